The Morgan fingerprint density at radius 1 is 1.22 bits per heavy atom. The van der Waals surface area contributed by atoms with Crippen molar-refractivity contribution in [3.63, 3.8) is 0 Å². The highest BCUT2D eigenvalue weighted by molar-refractivity contribution is 6.02. The Morgan fingerprint density at radius 2 is 1.92 bits per heavy atom. The van der Waals surface area contributed by atoms with Crippen molar-refractivity contribution in [2.45, 2.75) is 104 Å². The molecular weight excluding hydrogens is 458 g/mol. The predicted molar refractivity (Wildman–Crippen MR) is 139 cm³/mol. The second-order valence-corrected chi connectivity index (χ2v) is 11.2. The van der Waals surface area contributed by atoms with Gasteiger partial charge < -0.3 is 25.0 Å². The quantitative estimate of drug-likeness (QED) is 0.373. The normalized spacial score (nSPS) is 22.2. The third-order valence-electron chi connectivity index (χ3n) is 7.30. The van der Waals surface area contributed by atoms with Gasteiger partial charge in [-0.3, -0.25) is 4.79 Å². The Labute approximate surface area is 214 Å². The van der Waals surface area contributed by atoms with Crippen LogP contribution in [-0.2, 0) is 17.8 Å². The van der Waals surface area contributed by atoms with Crippen molar-refractivity contribution in [2.24, 2.45) is 5.92 Å². The van der Waals surface area contributed by atoms with Crippen molar-refractivity contribution in [2.75, 3.05) is 0 Å². The molecule has 1 amide bonds. The molecule has 2 aliphatic rings. The summed E-state index contributed by atoms with van der Waals surface area (Å²) in [6.07, 6.45) is 7.39. The molecule has 3 N–H and O–H groups in total. The highest BCUT2D eigenvalue weighted by Gasteiger charge is 2.45. The Bertz CT molecular complexity index is 1070. The molecule has 7 heteroatoms. The number of carboxylic acids is 1. The smallest absolute Gasteiger partial charge is 0.326 e. The van der Waals surface area contributed by atoms with E-state index >= 15 is 0 Å². The van der Waals surface area contributed by atoms with Crippen molar-refractivity contribution in [1.82, 2.24) is 4.90 Å². The maximum atomic E-state index is 13.2. The van der Waals surface area contributed by atoms with Gasteiger partial charge in [0.05, 0.1) is 18.2 Å². The molecule has 7 nitrogen and oxygen atoms in total. The highest BCUT2D eigenvalue weighted by Crippen LogP contribution is 2.46. The summed E-state index contributed by atoms with van der Waals surface area (Å²) in [6, 6.07) is 0.435. The first-order valence-corrected chi connectivity index (χ1v) is 12.9. The lowest BCUT2D eigenvalue weighted by Gasteiger charge is -2.41. The number of rotatable bonds is 10. The largest absolute Gasteiger partial charge is 0.508 e. The maximum Gasteiger partial charge on any atom is 0.326 e. The number of phenols is 1. The number of hydrogen-bond acceptors (Lipinski definition) is 5. The van der Waals surface area contributed by atoms with Gasteiger partial charge in [-0.2, -0.15) is 0 Å². The van der Waals surface area contributed by atoms with Gasteiger partial charge in [-0.1, -0.05) is 37.1 Å². The van der Waals surface area contributed by atoms with Gasteiger partial charge in [0.25, 0.3) is 5.91 Å². The molecule has 198 valence electrons. The zero-order chi connectivity index (χ0) is 26.8. The Kier molecular flexibility index (Phi) is 8.55. The van der Waals surface area contributed by atoms with Gasteiger partial charge >= 0.3 is 5.97 Å². The SMILES string of the molecule is CC(C)=CCC/C(C)=C/CCC1(C)Oc2c(c(O)cc3c2CN(C(CC(C)C)C(=O)O)C3=O)CC1O. The summed E-state index contributed by atoms with van der Waals surface area (Å²) in [5.74, 6) is -1.06. The van der Waals surface area contributed by atoms with Crippen LogP contribution in [0.3, 0.4) is 0 Å². The summed E-state index contributed by atoms with van der Waals surface area (Å²) < 4.78 is 6.39. The summed E-state index contributed by atoms with van der Waals surface area (Å²) in [5.41, 5.74) is 3.03. The van der Waals surface area contributed by atoms with Crippen LogP contribution in [0.5, 0.6) is 11.5 Å². The number of phenolic OH excluding ortho intramolecular Hbond substituents is 1. The van der Waals surface area contributed by atoms with E-state index in [0.717, 1.165) is 19.3 Å². The van der Waals surface area contributed by atoms with Crippen LogP contribution in [-0.4, -0.2) is 49.8 Å². The number of fused-ring (bicyclic) bond motifs is 3. The van der Waals surface area contributed by atoms with Crippen LogP contribution < -0.4 is 4.74 Å². The number of carbonyl (C=O) groups is 2. The Balaban J connectivity index is 1.83. The molecule has 0 saturated carbocycles. The predicted octanol–water partition coefficient (Wildman–Crippen LogP) is 5.37. The van der Waals surface area contributed by atoms with Gasteiger partial charge in [-0.15, -0.1) is 0 Å². The number of nitrogens with zero attached hydrogens (tertiary/aromatic N) is 1. The fourth-order valence-electron chi connectivity index (χ4n) is 5.08. The van der Waals surface area contributed by atoms with Crippen molar-refractivity contribution in [3.8, 4) is 11.5 Å². The second kappa shape index (κ2) is 11.1. The maximum absolute atomic E-state index is 13.2. The molecule has 0 bridgehead atoms. The van der Waals surface area contributed by atoms with Gasteiger partial charge in [-0.05, 0) is 71.8 Å². The summed E-state index contributed by atoms with van der Waals surface area (Å²) in [4.78, 5) is 26.5. The fraction of sp³-hybridized carbons (Fsp3) is 0.586. The van der Waals surface area contributed by atoms with Crippen molar-refractivity contribution in [3.05, 3.63) is 46.1 Å². The molecule has 3 rings (SSSR count). The van der Waals surface area contributed by atoms with E-state index in [2.05, 4.69) is 32.9 Å². The first kappa shape index (κ1) is 27.8. The average Bonchev–Trinajstić information content (AvgIpc) is 3.09. The number of allylic oxidation sites excluding steroid dienone is 4. The van der Waals surface area contributed by atoms with E-state index in [0.29, 0.717) is 29.7 Å². The van der Waals surface area contributed by atoms with E-state index in [-0.39, 0.29) is 30.2 Å². The van der Waals surface area contributed by atoms with Crippen LogP contribution in [0.25, 0.3) is 0 Å². The van der Waals surface area contributed by atoms with Crippen molar-refractivity contribution < 1.29 is 29.6 Å². The number of carboxylic acid groups (broad SMARTS) is 1. The number of aliphatic carboxylic acids is 1. The monoisotopic (exact) mass is 499 g/mol. The third kappa shape index (κ3) is 5.94. The van der Waals surface area contributed by atoms with Gasteiger partial charge in [0.2, 0.25) is 0 Å². The molecule has 0 fully saturated rings. The highest BCUT2D eigenvalue weighted by atomic mass is 16.5. The van der Waals surface area contributed by atoms with E-state index in [1.54, 1.807) is 0 Å². The number of ether oxygens (including phenoxy) is 1. The molecule has 0 saturated heterocycles. The number of aliphatic hydroxyl groups excluding tert-OH is 1. The standard InChI is InChI=1S/C29H41NO6/c1-17(2)9-7-10-19(5)11-8-12-29(6)25(32)15-21-24(31)14-20-22(26(21)36-29)16-30(27(20)33)23(28(34)35)13-18(3)4/h9,11,14,18,23,25,31-32H,7-8,10,12-13,15-16H2,1-6H3,(H,34,35)/b19-11+. The van der Waals surface area contributed by atoms with Crippen molar-refractivity contribution in [1.29, 1.82) is 0 Å². The summed E-state index contributed by atoms with van der Waals surface area (Å²) in [7, 11) is 0. The topological polar surface area (TPSA) is 107 Å². The minimum atomic E-state index is -1.05. The lowest BCUT2D eigenvalue weighted by molar-refractivity contribution is -0.143. The van der Waals surface area contributed by atoms with Gasteiger partial charge in [-0.25, -0.2) is 4.79 Å². The minimum Gasteiger partial charge on any atom is -0.508 e. The molecule has 3 atom stereocenters. The minimum absolute atomic E-state index is 0.0955. The molecule has 2 aliphatic heterocycles. The van der Waals surface area contributed by atoms with E-state index in [1.165, 1.54) is 22.1 Å². The number of benzene rings is 1. The number of aliphatic hydroxyl groups is 1. The van der Waals surface area contributed by atoms with Gasteiger partial charge in [0.15, 0.2) is 0 Å². The molecule has 2 heterocycles. The van der Waals surface area contributed by atoms with Crippen LogP contribution in [0.2, 0.25) is 0 Å². The molecule has 1 aromatic carbocycles. The van der Waals surface area contributed by atoms with Crippen LogP contribution in [0.1, 0.15) is 95.1 Å². The number of hydrogen-bond donors (Lipinski definition) is 3. The third-order valence-corrected chi connectivity index (χ3v) is 7.30. The number of amides is 1. The van der Waals surface area contributed by atoms with Crippen LogP contribution in [0.4, 0.5) is 0 Å². The van der Waals surface area contributed by atoms with Gasteiger partial charge in [0, 0.05) is 17.5 Å². The molecule has 36 heavy (non-hydrogen) atoms. The lowest BCUT2D eigenvalue weighted by Crippen LogP contribution is -2.49. The zero-order valence-corrected chi connectivity index (χ0v) is 22.4. The molecule has 0 aromatic heterocycles. The van der Waals surface area contributed by atoms with E-state index in [4.69, 9.17) is 4.74 Å². The Morgan fingerprint density at radius 3 is 2.53 bits per heavy atom. The molecule has 0 radical (unpaired) electrons. The van der Waals surface area contributed by atoms with E-state index in [1.807, 2.05) is 20.8 Å². The van der Waals surface area contributed by atoms with Crippen LogP contribution >= 0.6 is 0 Å². The van der Waals surface area contributed by atoms with Crippen molar-refractivity contribution >= 4 is 11.9 Å². The summed E-state index contributed by atoms with van der Waals surface area (Å²) in [6.45, 7) is 12.1. The molecule has 3 unspecified atom stereocenters. The summed E-state index contributed by atoms with van der Waals surface area (Å²) in [5, 5.41) is 31.4. The number of carbonyl (C=O) groups excluding carboxylic acids is 1. The van der Waals surface area contributed by atoms with Gasteiger partial charge in [0.1, 0.15) is 23.1 Å². The van der Waals surface area contributed by atoms with Crippen LogP contribution in [0.15, 0.2) is 29.4 Å². The lowest BCUT2D eigenvalue weighted by atomic mass is 9.84. The second-order valence-electron chi connectivity index (χ2n) is 11.2. The summed E-state index contributed by atoms with van der Waals surface area (Å²) >= 11 is 0. The molecule has 0 aliphatic carbocycles. The van der Waals surface area contributed by atoms with E-state index < -0.39 is 29.6 Å². The zero-order valence-electron chi connectivity index (χ0n) is 22.4. The average molecular weight is 500 g/mol. The fourth-order valence-corrected chi connectivity index (χ4v) is 5.08. The van der Waals surface area contributed by atoms with E-state index in [9.17, 15) is 24.9 Å². The number of aromatic hydroxyl groups is 1. The molecular formula is C29H41NO6. The van der Waals surface area contributed by atoms with Crippen LogP contribution in [0, 0.1) is 5.92 Å². The first-order valence-electron chi connectivity index (χ1n) is 12.9. The molecule has 1 aromatic rings. The molecule has 0 spiro atoms. The first-order chi connectivity index (χ1) is 16.8. The Hall–Kier alpha value is -2.80.